The Morgan fingerprint density at radius 2 is 0.395 bits per heavy atom. The SMILES string of the molecule is CCCCCCCCCCC[N+](CCCC)(CCCCCCCCCCC)CCCCCCCCCCC. The number of nitrogens with zero attached hydrogens (tertiary/aromatic N) is 1. The van der Waals surface area contributed by atoms with Gasteiger partial charge in [-0.3, -0.25) is 0 Å². The minimum atomic E-state index is 1.37. The van der Waals surface area contributed by atoms with Crippen molar-refractivity contribution in [3.05, 3.63) is 0 Å². The van der Waals surface area contributed by atoms with Gasteiger partial charge < -0.3 is 4.48 Å². The maximum Gasteiger partial charge on any atom is 0.0786 e. The van der Waals surface area contributed by atoms with Crippen molar-refractivity contribution in [1.82, 2.24) is 0 Å². The van der Waals surface area contributed by atoms with Crippen LogP contribution in [0.25, 0.3) is 0 Å². The topological polar surface area (TPSA) is 0 Å². The van der Waals surface area contributed by atoms with E-state index in [2.05, 4.69) is 27.7 Å². The van der Waals surface area contributed by atoms with E-state index in [0.29, 0.717) is 0 Å². The van der Waals surface area contributed by atoms with E-state index in [9.17, 15) is 0 Å². The first-order valence-electron chi connectivity index (χ1n) is 18.6. The van der Waals surface area contributed by atoms with E-state index in [1.54, 1.807) is 0 Å². The number of hydrogen-bond donors (Lipinski definition) is 0. The van der Waals surface area contributed by atoms with Gasteiger partial charge in [0.25, 0.3) is 0 Å². The lowest BCUT2D eigenvalue weighted by molar-refractivity contribution is -0.929. The molecular formula is C37H78N+. The van der Waals surface area contributed by atoms with Crippen molar-refractivity contribution in [3.8, 4) is 0 Å². The Hall–Kier alpha value is -0.0400. The van der Waals surface area contributed by atoms with Crippen LogP contribution in [0.4, 0.5) is 0 Å². The molecule has 0 aromatic heterocycles. The molecule has 1 heteroatoms. The molecule has 0 fully saturated rings. The molecule has 0 amide bonds. The van der Waals surface area contributed by atoms with Gasteiger partial charge >= 0.3 is 0 Å². The Labute approximate surface area is 244 Å². The summed E-state index contributed by atoms with van der Waals surface area (Å²) < 4.78 is 1.47. The molecule has 0 aliphatic heterocycles. The summed E-state index contributed by atoms with van der Waals surface area (Å²) in [6, 6.07) is 0. The van der Waals surface area contributed by atoms with E-state index in [0.717, 1.165) is 0 Å². The molecular weight excluding hydrogens is 458 g/mol. The molecule has 0 aromatic carbocycles. The van der Waals surface area contributed by atoms with Gasteiger partial charge in [-0.1, -0.05) is 169 Å². The third-order valence-electron chi connectivity index (χ3n) is 9.19. The van der Waals surface area contributed by atoms with Gasteiger partial charge in [0, 0.05) is 0 Å². The van der Waals surface area contributed by atoms with Crippen LogP contribution in [0.15, 0.2) is 0 Å². The van der Waals surface area contributed by atoms with Crippen molar-refractivity contribution in [2.75, 3.05) is 26.2 Å². The molecule has 0 unspecified atom stereocenters. The van der Waals surface area contributed by atoms with Crippen LogP contribution in [0.5, 0.6) is 0 Å². The molecule has 0 aromatic rings. The summed E-state index contributed by atoms with van der Waals surface area (Å²) in [5.74, 6) is 0. The van der Waals surface area contributed by atoms with E-state index in [1.807, 2.05) is 0 Å². The zero-order valence-corrected chi connectivity index (χ0v) is 27.8. The van der Waals surface area contributed by atoms with Gasteiger partial charge in [0.2, 0.25) is 0 Å². The fourth-order valence-electron chi connectivity index (χ4n) is 6.44. The first kappa shape index (κ1) is 38.0. The minimum Gasteiger partial charge on any atom is -0.324 e. The largest absolute Gasteiger partial charge is 0.324 e. The summed E-state index contributed by atoms with van der Waals surface area (Å²) in [4.78, 5) is 0. The zero-order chi connectivity index (χ0) is 27.8. The van der Waals surface area contributed by atoms with Crippen LogP contribution in [0, 0.1) is 0 Å². The van der Waals surface area contributed by atoms with Crippen LogP contribution in [0.3, 0.4) is 0 Å². The van der Waals surface area contributed by atoms with Gasteiger partial charge in [-0.25, -0.2) is 0 Å². The van der Waals surface area contributed by atoms with E-state index in [1.165, 1.54) is 217 Å². The second-order valence-corrected chi connectivity index (χ2v) is 13.1. The molecule has 230 valence electrons. The average Bonchev–Trinajstić information content (AvgIpc) is 2.93. The zero-order valence-electron chi connectivity index (χ0n) is 27.8. The summed E-state index contributed by atoms with van der Waals surface area (Å²) in [5, 5.41) is 0. The molecule has 0 radical (unpaired) electrons. The molecule has 1 nitrogen and oxygen atoms in total. The smallest absolute Gasteiger partial charge is 0.0786 e. The van der Waals surface area contributed by atoms with Crippen LogP contribution in [0.2, 0.25) is 0 Å². The molecule has 0 rings (SSSR count). The number of unbranched alkanes of at least 4 members (excludes halogenated alkanes) is 25. The number of rotatable bonds is 33. The third-order valence-corrected chi connectivity index (χ3v) is 9.19. The minimum absolute atomic E-state index is 1.37. The standard InChI is InChI=1S/C37H78N/c1-5-9-13-16-19-22-25-28-31-35-38(34-12-8-4,36-32-29-26-23-20-17-14-10-6-2)37-33-30-27-24-21-18-15-11-7-3/h5-37H2,1-4H3/q+1. The predicted molar refractivity (Wildman–Crippen MR) is 176 cm³/mol. The van der Waals surface area contributed by atoms with Gasteiger partial charge in [0.05, 0.1) is 26.2 Å². The van der Waals surface area contributed by atoms with Gasteiger partial charge in [-0.2, -0.15) is 0 Å². The molecule has 38 heavy (non-hydrogen) atoms. The van der Waals surface area contributed by atoms with Gasteiger partial charge in [-0.05, 0) is 44.9 Å². The maximum absolute atomic E-state index is 2.41. The normalized spacial score (nSPS) is 12.0. The molecule has 0 aliphatic rings. The Bertz CT molecular complexity index is 362. The molecule has 0 spiro atoms. The van der Waals surface area contributed by atoms with Crippen LogP contribution < -0.4 is 0 Å². The van der Waals surface area contributed by atoms with Gasteiger partial charge in [-0.15, -0.1) is 0 Å². The lowest BCUT2D eigenvalue weighted by atomic mass is 10.0. The highest BCUT2D eigenvalue weighted by atomic mass is 15.3. The summed E-state index contributed by atoms with van der Waals surface area (Å²) in [7, 11) is 0. The van der Waals surface area contributed by atoms with Crippen LogP contribution >= 0.6 is 0 Å². The second-order valence-electron chi connectivity index (χ2n) is 13.1. The van der Waals surface area contributed by atoms with Crippen molar-refractivity contribution in [3.63, 3.8) is 0 Å². The lowest BCUT2D eigenvalue weighted by Crippen LogP contribution is -2.50. The maximum atomic E-state index is 2.41. The molecule has 0 saturated carbocycles. The fraction of sp³-hybridized carbons (Fsp3) is 1.00. The Morgan fingerprint density at radius 3 is 0.632 bits per heavy atom. The fourth-order valence-corrected chi connectivity index (χ4v) is 6.44. The Morgan fingerprint density at radius 1 is 0.211 bits per heavy atom. The van der Waals surface area contributed by atoms with Crippen molar-refractivity contribution in [2.45, 2.75) is 214 Å². The highest BCUT2D eigenvalue weighted by Gasteiger charge is 2.25. The third kappa shape index (κ3) is 26.2. The van der Waals surface area contributed by atoms with Gasteiger partial charge in [0.1, 0.15) is 0 Å². The first-order valence-corrected chi connectivity index (χ1v) is 18.6. The van der Waals surface area contributed by atoms with Crippen molar-refractivity contribution in [2.24, 2.45) is 0 Å². The van der Waals surface area contributed by atoms with E-state index in [4.69, 9.17) is 0 Å². The number of hydrogen-bond acceptors (Lipinski definition) is 0. The van der Waals surface area contributed by atoms with Crippen molar-refractivity contribution < 1.29 is 4.48 Å². The summed E-state index contributed by atoms with van der Waals surface area (Å²) in [6.45, 7) is 15.3. The molecule has 0 atom stereocenters. The summed E-state index contributed by atoms with van der Waals surface area (Å²) in [6.07, 6.45) is 42.3. The predicted octanol–water partition coefficient (Wildman–Crippen LogP) is 13.2. The molecule has 0 heterocycles. The first-order chi connectivity index (χ1) is 18.7. The van der Waals surface area contributed by atoms with E-state index in [-0.39, 0.29) is 0 Å². The number of quaternary nitrogens is 1. The summed E-state index contributed by atoms with van der Waals surface area (Å²) >= 11 is 0. The second kappa shape index (κ2) is 31.5. The van der Waals surface area contributed by atoms with Gasteiger partial charge in [0.15, 0.2) is 0 Å². The monoisotopic (exact) mass is 537 g/mol. The molecule has 0 bridgehead atoms. The van der Waals surface area contributed by atoms with E-state index >= 15 is 0 Å². The molecule has 0 N–H and O–H groups in total. The lowest BCUT2D eigenvalue weighted by Gasteiger charge is -2.39. The Balaban J connectivity index is 4.49. The highest BCUT2D eigenvalue weighted by molar-refractivity contribution is 4.55. The van der Waals surface area contributed by atoms with Crippen LogP contribution in [-0.4, -0.2) is 30.7 Å². The van der Waals surface area contributed by atoms with Crippen molar-refractivity contribution >= 4 is 0 Å². The van der Waals surface area contributed by atoms with Crippen LogP contribution in [0.1, 0.15) is 214 Å². The molecule has 0 aliphatic carbocycles. The highest BCUT2D eigenvalue weighted by Crippen LogP contribution is 2.20. The molecule has 0 saturated heterocycles. The Kier molecular flexibility index (Phi) is 31.5. The summed E-state index contributed by atoms with van der Waals surface area (Å²) in [5.41, 5.74) is 0. The van der Waals surface area contributed by atoms with Crippen molar-refractivity contribution in [1.29, 1.82) is 0 Å². The van der Waals surface area contributed by atoms with Crippen LogP contribution in [-0.2, 0) is 0 Å². The van der Waals surface area contributed by atoms with E-state index < -0.39 is 0 Å². The average molecular weight is 537 g/mol. The quantitative estimate of drug-likeness (QED) is 0.0577.